The zero-order chi connectivity index (χ0) is 35.1. The minimum Gasteiger partial charge on any atom is -0.356 e. The Morgan fingerprint density at radius 3 is 1.49 bits per heavy atom. The van der Waals surface area contributed by atoms with E-state index >= 15 is 0 Å². The number of anilines is 2. The molecule has 0 aliphatic carbocycles. The van der Waals surface area contributed by atoms with Gasteiger partial charge in [-0.05, 0) is 118 Å². The molecular formula is C52H35N. The van der Waals surface area contributed by atoms with Crippen molar-refractivity contribution in [2.24, 2.45) is 0 Å². The molecule has 0 unspecified atom stereocenters. The fourth-order valence-electron chi connectivity index (χ4n) is 8.21. The summed E-state index contributed by atoms with van der Waals surface area (Å²) in [5, 5.41) is 13.7. The second-order valence-corrected chi connectivity index (χ2v) is 13.7. The number of rotatable bonds is 6. The summed E-state index contributed by atoms with van der Waals surface area (Å²) in [6, 6.07) is 74.9. The highest BCUT2D eigenvalue weighted by molar-refractivity contribution is 6.26. The largest absolute Gasteiger partial charge is 0.356 e. The van der Waals surface area contributed by atoms with Crippen molar-refractivity contribution in [3.05, 3.63) is 206 Å². The average molecular weight is 674 g/mol. The first kappa shape index (κ1) is 30.8. The molecule has 0 saturated heterocycles. The molecule has 10 aromatic carbocycles. The van der Waals surface area contributed by atoms with Crippen LogP contribution in [0.1, 0.15) is 0 Å². The van der Waals surface area contributed by atoms with E-state index in [0.29, 0.717) is 0 Å². The molecule has 10 rings (SSSR count). The first-order chi connectivity index (χ1) is 26.3. The highest BCUT2D eigenvalue weighted by Crippen LogP contribution is 2.49. The molecule has 10 aromatic rings. The zero-order valence-corrected chi connectivity index (χ0v) is 29.1. The summed E-state index contributed by atoms with van der Waals surface area (Å²) in [7, 11) is 0. The van der Waals surface area contributed by atoms with Gasteiger partial charge in [-0.1, -0.05) is 176 Å². The molecule has 248 valence electrons. The summed E-state index contributed by atoms with van der Waals surface area (Å²) in [5.41, 5.74) is 11.9. The maximum atomic E-state index is 3.70. The van der Waals surface area contributed by atoms with Gasteiger partial charge in [0, 0.05) is 11.4 Å². The summed E-state index contributed by atoms with van der Waals surface area (Å²) in [6.07, 6.45) is 0. The Bertz CT molecular complexity index is 2940. The van der Waals surface area contributed by atoms with E-state index in [1.54, 1.807) is 0 Å². The zero-order valence-electron chi connectivity index (χ0n) is 29.1. The molecule has 0 aromatic heterocycles. The van der Waals surface area contributed by atoms with Crippen molar-refractivity contribution in [2.75, 3.05) is 5.32 Å². The Kier molecular flexibility index (Phi) is 7.55. The normalized spacial score (nSPS) is 11.4. The van der Waals surface area contributed by atoms with Crippen molar-refractivity contribution in [1.29, 1.82) is 0 Å². The van der Waals surface area contributed by atoms with Crippen molar-refractivity contribution < 1.29 is 0 Å². The summed E-state index contributed by atoms with van der Waals surface area (Å²) in [6.45, 7) is 0. The smallest absolute Gasteiger partial charge is 0.0390 e. The van der Waals surface area contributed by atoms with Crippen LogP contribution in [0.4, 0.5) is 11.4 Å². The minimum absolute atomic E-state index is 1.06. The fourth-order valence-corrected chi connectivity index (χ4v) is 8.21. The Morgan fingerprint density at radius 1 is 0.245 bits per heavy atom. The van der Waals surface area contributed by atoms with Crippen molar-refractivity contribution in [1.82, 2.24) is 0 Å². The summed E-state index contributed by atoms with van der Waals surface area (Å²) in [4.78, 5) is 0. The number of hydrogen-bond acceptors (Lipinski definition) is 1. The third kappa shape index (κ3) is 5.42. The number of nitrogens with one attached hydrogen (secondary N) is 1. The van der Waals surface area contributed by atoms with Crippen LogP contribution in [0, 0.1) is 0 Å². The number of benzene rings is 10. The van der Waals surface area contributed by atoms with Crippen LogP contribution in [0.15, 0.2) is 206 Å². The van der Waals surface area contributed by atoms with Gasteiger partial charge in [0.15, 0.2) is 0 Å². The van der Waals surface area contributed by atoms with Crippen LogP contribution in [0.3, 0.4) is 0 Å². The molecule has 1 heteroatoms. The highest BCUT2D eigenvalue weighted by Gasteiger charge is 2.21. The van der Waals surface area contributed by atoms with E-state index in [4.69, 9.17) is 0 Å². The standard InChI is InChI=1S/C52H35N/c1-3-15-35(16-4-1)36-27-29-37(30-28-36)41-20-9-12-24-45(41)51-46-25-13-14-26-47(46)52(50-34-40(31-32-48(50)51)53-39-18-5-2-6-19-39)49-33-38-17-7-8-21-42(38)43-22-10-11-23-44(43)49/h1-34,53H. The lowest BCUT2D eigenvalue weighted by atomic mass is 9.82. The predicted molar refractivity (Wildman–Crippen MR) is 228 cm³/mol. The molecule has 0 spiro atoms. The summed E-state index contributed by atoms with van der Waals surface area (Å²) < 4.78 is 0. The van der Waals surface area contributed by atoms with Gasteiger partial charge in [-0.2, -0.15) is 0 Å². The van der Waals surface area contributed by atoms with Crippen molar-refractivity contribution in [2.45, 2.75) is 0 Å². The molecule has 0 fully saturated rings. The minimum atomic E-state index is 1.06. The van der Waals surface area contributed by atoms with Gasteiger partial charge in [-0.3, -0.25) is 0 Å². The first-order valence-electron chi connectivity index (χ1n) is 18.3. The van der Waals surface area contributed by atoms with E-state index in [2.05, 4.69) is 212 Å². The lowest BCUT2D eigenvalue weighted by Gasteiger charge is -2.22. The van der Waals surface area contributed by atoms with Crippen LogP contribution in [0.2, 0.25) is 0 Å². The second kappa shape index (κ2) is 13.0. The Morgan fingerprint density at radius 2 is 0.755 bits per heavy atom. The number of fused-ring (bicyclic) bond motifs is 5. The average Bonchev–Trinajstić information content (AvgIpc) is 3.23. The molecule has 0 saturated carbocycles. The molecule has 1 nitrogen and oxygen atoms in total. The highest BCUT2D eigenvalue weighted by atomic mass is 14.9. The third-order valence-corrected chi connectivity index (χ3v) is 10.6. The van der Waals surface area contributed by atoms with Gasteiger partial charge in [0.05, 0.1) is 0 Å². The molecule has 0 radical (unpaired) electrons. The van der Waals surface area contributed by atoms with E-state index in [1.165, 1.54) is 87.6 Å². The van der Waals surface area contributed by atoms with Crippen LogP contribution in [-0.2, 0) is 0 Å². The van der Waals surface area contributed by atoms with Crippen molar-refractivity contribution >= 4 is 54.5 Å². The van der Waals surface area contributed by atoms with Crippen LogP contribution >= 0.6 is 0 Å². The molecule has 0 heterocycles. The Hall–Kier alpha value is -6.96. The first-order valence-corrected chi connectivity index (χ1v) is 18.3. The predicted octanol–water partition coefficient (Wildman–Crippen LogP) is 14.7. The lowest BCUT2D eigenvalue weighted by molar-refractivity contribution is 1.56. The molecule has 0 aliphatic heterocycles. The molecule has 0 aliphatic rings. The van der Waals surface area contributed by atoms with E-state index in [0.717, 1.165) is 11.4 Å². The molecule has 53 heavy (non-hydrogen) atoms. The fraction of sp³-hybridized carbons (Fsp3) is 0. The van der Waals surface area contributed by atoms with E-state index < -0.39 is 0 Å². The summed E-state index contributed by atoms with van der Waals surface area (Å²) in [5.74, 6) is 0. The Labute approximate surface area is 309 Å². The van der Waals surface area contributed by atoms with Gasteiger partial charge in [-0.25, -0.2) is 0 Å². The van der Waals surface area contributed by atoms with E-state index in [1.807, 2.05) is 0 Å². The van der Waals surface area contributed by atoms with Crippen LogP contribution in [-0.4, -0.2) is 0 Å². The van der Waals surface area contributed by atoms with E-state index in [-0.39, 0.29) is 0 Å². The van der Waals surface area contributed by atoms with Crippen LogP contribution in [0.25, 0.3) is 87.6 Å². The number of para-hydroxylation sites is 1. The van der Waals surface area contributed by atoms with Gasteiger partial charge in [0.2, 0.25) is 0 Å². The van der Waals surface area contributed by atoms with Gasteiger partial charge in [0.25, 0.3) is 0 Å². The second-order valence-electron chi connectivity index (χ2n) is 13.7. The third-order valence-electron chi connectivity index (χ3n) is 10.6. The Balaban J connectivity index is 1.27. The topological polar surface area (TPSA) is 12.0 Å². The maximum absolute atomic E-state index is 3.70. The number of hydrogen-bond donors (Lipinski definition) is 1. The summed E-state index contributed by atoms with van der Waals surface area (Å²) >= 11 is 0. The maximum Gasteiger partial charge on any atom is 0.0390 e. The van der Waals surface area contributed by atoms with Crippen LogP contribution in [0.5, 0.6) is 0 Å². The monoisotopic (exact) mass is 673 g/mol. The van der Waals surface area contributed by atoms with Gasteiger partial charge >= 0.3 is 0 Å². The lowest BCUT2D eigenvalue weighted by Crippen LogP contribution is -1.95. The van der Waals surface area contributed by atoms with Crippen molar-refractivity contribution in [3.8, 4) is 44.5 Å². The molecule has 0 atom stereocenters. The van der Waals surface area contributed by atoms with Gasteiger partial charge < -0.3 is 5.32 Å². The van der Waals surface area contributed by atoms with Crippen LogP contribution < -0.4 is 5.32 Å². The van der Waals surface area contributed by atoms with Gasteiger partial charge in [-0.15, -0.1) is 0 Å². The molecule has 0 amide bonds. The molecule has 0 bridgehead atoms. The van der Waals surface area contributed by atoms with Crippen molar-refractivity contribution in [3.63, 3.8) is 0 Å². The SMILES string of the molecule is c1ccc(Nc2ccc3c(-c4ccccc4-c4ccc(-c5ccccc5)cc4)c4ccccc4c(-c4cc5ccccc5c5ccccc45)c3c2)cc1. The molecule has 1 N–H and O–H groups in total. The molecular weight excluding hydrogens is 639 g/mol. The van der Waals surface area contributed by atoms with Gasteiger partial charge in [0.1, 0.15) is 0 Å². The quantitative estimate of drug-likeness (QED) is 0.137. The van der Waals surface area contributed by atoms with E-state index in [9.17, 15) is 0 Å².